The molecule has 0 atom stereocenters. The predicted octanol–water partition coefficient (Wildman–Crippen LogP) is 2.81. The number of benzene rings is 1. The van der Waals surface area contributed by atoms with Crippen molar-refractivity contribution in [3.8, 4) is 0 Å². The van der Waals surface area contributed by atoms with Crippen LogP contribution in [0.5, 0.6) is 0 Å². The van der Waals surface area contributed by atoms with E-state index in [1.165, 1.54) is 11.0 Å². The number of rotatable bonds is 3. The summed E-state index contributed by atoms with van der Waals surface area (Å²) in [5.74, 6) is -3.28. The van der Waals surface area contributed by atoms with E-state index in [2.05, 4.69) is 21.5 Å². The molecule has 1 aromatic rings. The number of hydrogen-bond acceptors (Lipinski definition) is 5. The summed E-state index contributed by atoms with van der Waals surface area (Å²) in [4.78, 5) is 17.6. The Hall–Kier alpha value is -3.33. The van der Waals surface area contributed by atoms with E-state index in [0.29, 0.717) is 19.6 Å². The molecule has 1 amide bonds. The molecule has 9 heteroatoms. The molecule has 0 aromatic heterocycles. The molecule has 1 aromatic carbocycles. The van der Waals surface area contributed by atoms with Crippen LogP contribution in [0.1, 0.15) is 23.1 Å². The lowest BCUT2D eigenvalue weighted by molar-refractivity contribution is -0.166. The Kier molecular flexibility index (Phi) is 4.74. The molecule has 0 unspecified atom stereocenters. The van der Waals surface area contributed by atoms with E-state index in [4.69, 9.17) is 0 Å². The monoisotopic (exact) mass is 467 g/mol. The van der Waals surface area contributed by atoms with Crippen LogP contribution >= 0.6 is 0 Å². The fraction of sp³-hybridized carbons (Fsp3) is 0.360. The van der Waals surface area contributed by atoms with Gasteiger partial charge in [-0.1, -0.05) is 12.2 Å². The number of likely N-dealkylation sites (N-methyl/N-ethyl adjacent to an activating group) is 1. The lowest BCUT2D eigenvalue weighted by Gasteiger charge is -2.40. The highest BCUT2D eigenvalue weighted by atomic mass is 19.3. The average molecular weight is 467 g/mol. The first kappa shape index (κ1) is 21.2. The third-order valence-corrected chi connectivity index (χ3v) is 6.95. The van der Waals surface area contributed by atoms with Crippen LogP contribution in [0.4, 0.5) is 13.2 Å². The van der Waals surface area contributed by atoms with Crippen LogP contribution in [0.15, 0.2) is 52.4 Å². The molecule has 1 fully saturated rings. The molecule has 0 spiro atoms. The van der Waals surface area contributed by atoms with Gasteiger partial charge in [-0.25, -0.2) is 13.2 Å². The van der Waals surface area contributed by atoms with Crippen molar-refractivity contribution in [2.75, 3.05) is 46.3 Å². The number of amides is 1. The van der Waals surface area contributed by atoms with Crippen LogP contribution in [0.3, 0.4) is 0 Å². The molecule has 0 saturated carbocycles. The van der Waals surface area contributed by atoms with Crippen LogP contribution in [-0.4, -0.2) is 78.6 Å². The number of nitrogens with zero attached hydrogens (tertiary/aromatic N) is 4. The maximum absolute atomic E-state index is 14.4. The topological polar surface area (TPSA) is 51.2 Å². The predicted molar refractivity (Wildman–Crippen MR) is 123 cm³/mol. The van der Waals surface area contributed by atoms with E-state index in [1.807, 2.05) is 30.3 Å². The van der Waals surface area contributed by atoms with Crippen LogP contribution < -0.4 is 5.43 Å². The van der Waals surface area contributed by atoms with Crippen LogP contribution in [0.25, 0.3) is 11.6 Å². The number of allylic oxidation sites excluding steroid dienone is 2. The van der Waals surface area contributed by atoms with Gasteiger partial charge in [0.1, 0.15) is 5.82 Å². The minimum Gasteiger partial charge on any atom is -0.375 e. The van der Waals surface area contributed by atoms with Gasteiger partial charge in [0.25, 0.3) is 5.92 Å². The van der Waals surface area contributed by atoms with Crippen molar-refractivity contribution in [3.63, 3.8) is 0 Å². The summed E-state index contributed by atoms with van der Waals surface area (Å²) in [5.41, 5.74) is 10.6. The summed E-state index contributed by atoms with van der Waals surface area (Å²) in [6.45, 7) is 1.09. The summed E-state index contributed by atoms with van der Waals surface area (Å²) >= 11 is 0. The second-order valence-electron chi connectivity index (χ2n) is 9.49. The molecule has 6 nitrogen and oxygen atoms in total. The van der Waals surface area contributed by atoms with E-state index < -0.39 is 19.0 Å². The van der Waals surface area contributed by atoms with Gasteiger partial charge in [0, 0.05) is 49.6 Å². The molecule has 1 saturated heterocycles. The van der Waals surface area contributed by atoms with Gasteiger partial charge in [-0.3, -0.25) is 15.1 Å². The number of carbonyl (C=O) groups excluding carboxylic acids is 1. The van der Waals surface area contributed by atoms with Gasteiger partial charge in [-0.05, 0) is 41.3 Å². The molecule has 6 rings (SSSR count). The van der Waals surface area contributed by atoms with Crippen molar-refractivity contribution >= 4 is 23.3 Å². The number of alkyl halides is 2. The molecule has 176 valence electrons. The average Bonchev–Trinajstić information content (AvgIpc) is 3.11. The maximum Gasteiger partial charge on any atom is 0.282 e. The second kappa shape index (κ2) is 7.59. The van der Waals surface area contributed by atoms with Gasteiger partial charge in [-0.15, -0.1) is 0 Å². The van der Waals surface area contributed by atoms with E-state index >= 15 is 0 Å². The second-order valence-corrected chi connectivity index (χ2v) is 9.49. The summed E-state index contributed by atoms with van der Waals surface area (Å²) in [7, 11) is 1.99. The van der Waals surface area contributed by atoms with Crippen LogP contribution in [-0.2, 0) is 4.79 Å². The molecular formula is C25H24F3N5O. The summed E-state index contributed by atoms with van der Waals surface area (Å²) in [5, 5.41) is 4.61. The fourth-order valence-corrected chi connectivity index (χ4v) is 5.24. The van der Waals surface area contributed by atoms with E-state index in [1.54, 1.807) is 6.07 Å². The number of hydrogen-bond donors (Lipinski definition) is 1. The number of hydrazone groups is 1. The minimum atomic E-state index is -2.75. The van der Waals surface area contributed by atoms with Gasteiger partial charge in [0.05, 0.1) is 31.0 Å². The molecule has 1 N–H and O–H groups in total. The SMILES string of the molecule is CN1C=C2C(=C(C3=CCN(CC(=O)N4CC(F)(F)C4)CC3)C1)NN=C1C=Cc3cc(F)cc2c31. The third kappa shape index (κ3) is 3.55. The fourth-order valence-electron chi connectivity index (χ4n) is 5.24. The van der Waals surface area contributed by atoms with Gasteiger partial charge < -0.3 is 9.80 Å². The quantitative estimate of drug-likeness (QED) is 0.743. The normalized spacial score (nSPS) is 22.8. The number of fused-ring (bicyclic) bond motifs is 2. The Balaban J connectivity index is 1.27. The smallest absolute Gasteiger partial charge is 0.282 e. The molecular weight excluding hydrogens is 443 g/mol. The van der Waals surface area contributed by atoms with Crippen molar-refractivity contribution in [2.45, 2.75) is 12.3 Å². The van der Waals surface area contributed by atoms with Gasteiger partial charge in [0.2, 0.25) is 5.91 Å². The van der Waals surface area contributed by atoms with E-state index in [9.17, 15) is 18.0 Å². The minimum absolute atomic E-state index is 0.143. The maximum atomic E-state index is 14.4. The highest BCUT2D eigenvalue weighted by Gasteiger charge is 2.46. The first-order chi connectivity index (χ1) is 16.3. The standard InChI is InChI=1S/C25H24F3N5O/c1-31-10-19(15-4-6-32(7-5-15)12-22(34)33-13-25(27,28)14-33)24-20(11-31)18-9-17(26)8-16-2-3-21(23(16)18)29-30-24/h2-4,8-9,11,30H,5-7,10,12-14H2,1H3. The zero-order chi connectivity index (χ0) is 23.6. The Morgan fingerprint density at radius 2 is 2.06 bits per heavy atom. The molecule has 4 heterocycles. The summed E-state index contributed by atoms with van der Waals surface area (Å²) < 4.78 is 40.6. The third-order valence-electron chi connectivity index (χ3n) is 6.95. The lowest BCUT2D eigenvalue weighted by atomic mass is 9.88. The van der Waals surface area contributed by atoms with Crippen LogP contribution in [0.2, 0.25) is 0 Å². The largest absolute Gasteiger partial charge is 0.375 e. The highest BCUT2D eigenvalue weighted by molar-refractivity contribution is 6.20. The molecule has 0 radical (unpaired) electrons. The molecule has 1 aliphatic carbocycles. The first-order valence-corrected chi connectivity index (χ1v) is 11.4. The molecule has 34 heavy (non-hydrogen) atoms. The van der Waals surface area contributed by atoms with Gasteiger partial charge in [0.15, 0.2) is 0 Å². The van der Waals surface area contributed by atoms with Crippen LogP contribution in [0, 0.1) is 5.82 Å². The Bertz CT molecular complexity index is 1250. The van der Waals surface area contributed by atoms with E-state index in [0.717, 1.165) is 51.2 Å². The lowest BCUT2D eigenvalue weighted by Crippen LogP contribution is -2.60. The first-order valence-electron chi connectivity index (χ1n) is 11.4. The van der Waals surface area contributed by atoms with Gasteiger partial charge in [-0.2, -0.15) is 5.10 Å². The summed E-state index contributed by atoms with van der Waals surface area (Å²) in [6, 6.07) is 3.10. The molecule has 4 aliphatic heterocycles. The van der Waals surface area contributed by atoms with Crippen molar-refractivity contribution in [2.24, 2.45) is 5.10 Å². The van der Waals surface area contributed by atoms with Gasteiger partial charge >= 0.3 is 0 Å². The van der Waals surface area contributed by atoms with E-state index in [-0.39, 0.29) is 18.3 Å². The molecule has 0 bridgehead atoms. The molecule has 5 aliphatic rings. The number of halogens is 3. The Morgan fingerprint density at radius 1 is 1.24 bits per heavy atom. The number of carbonyl (C=O) groups is 1. The van der Waals surface area contributed by atoms with Crippen molar-refractivity contribution < 1.29 is 18.0 Å². The Labute approximate surface area is 195 Å². The van der Waals surface area contributed by atoms with Crippen molar-refractivity contribution in [3.05, 3.63) is 69.8 Å². The zero-order valence-electron chi connectivity index (χ0n) is 18.7. The van der Waals surface area contributed by atoms with Crippen molar-refractivity contribution in [1.82, 2.24) is 20.1 Å². The zero-order valence-corrected chi connectivity index (χ0v) is 18.7. The number of nitrogens with one attached hydrogen (secondary N) is 1. The summed E-state index contributed by atoms with van der Waals surface area (Å²) in [6.07, 6.45) is 8.62. The Morgan fingerprint density at radius 3 is 2.79 bits per heavy atom. The number of likely N-dealkylation sites (tertiary alicyclic amines) is 1. The van der Waals surface area contributed by atoms with Crippen molar-refractivity contribution in [1.29, 1.82) is 0 Å². The highest BCUT2D eigenvalue weighted by Crippen LogP contribution is 2.39.